The first-order valence-corrected chi connectivity index (χ1v) is 5.07. The Kier molecular flexibility index (Phi) is 3.86. The van der Waals surface area contributed by atoms with Crippen molar-refractivity contribution in [1.82, 2.24) is 0 Å². The molecule has 0 aromatic rings. The van der Waals surface area contributed by atoms with Gasteiger partial charge in [0.2, 0.25) is 0 Å². The van der Waals surface area contributed by atoms with Crippen LogP contribution in [-0.2, 0) is 9.59 Å². The molecule has 1 aliphatic carbocycles. The third-order valence-electron chi connectivity index (χ3n) is 2.71. The maximum absolute atomic E-state index is 11.4. The summed E-state index contributed by atoms with van der Waals surface area (Å²) in [7, 11) is 0. The largest absolute Gasteiger partial charge is 0.481 e. The second-order valence-electron chi connectivity index (χ2n) is 3.67. The minimum atomic E-state index is -0.828. The second-order valence-corrected chi connectivity index (χ2v) is 3.67. The Morgan fingerprint density at radius 3 is 2.86 bits per heavy atom. The molecule has 2 atom stereocenters. The molecule has 1 N–H and O–H groups in total. The van der Waals surface area contributed by atoms with Crippen LogP contribution in [0.25, 0.3) is 0 Å². The lowest BCUT2D eigenvalue weighted by Crippen LogP contribution is -2.21. The van der Waals surface area contributed by atoms with Crippen molar-refractivity contribution in [2.75, 3.05) is 0 Å². The first-order valence-electron chi connectivity index (χ1n) is 5.07. The van der Waals surface area contributed by atoms with E-state index in [9.17, 15) is 9.59 Å². The van der Waals surface area contributed by atoms with Crippen LogP contribution < -0.4 is 0 Å². The third-order valence-corrected chi connectivity index (χ3v) is 2.71. The first-order chi connectivity index (χ1) is 6.66. The van der Waals surface area contributed by atoms with Crippen molar-refractivity contribution in [2.45, 2.75) is 32.6 Å². The summed E-state index contributed by atoms with van der Waals surface area (Å²) in [5.74, 6) is -1.46. The smallest absolute Gasteiger partial charge is 0.307 e. The maximum atomic E-state index is 11.4. The van der Waals surface area contributed by atoms with Crippen molar-refractivity contribution in [3.63, 3.8) is 0 Å². The maximum Gasteiger partial charge on any atom is 0.307 e. The normalized spacial score (nSPS) is 27.4. The molecule has 1 saturated carbocycles. The van der Waals surface area contributed by atoms with Gasteiger partial charge in [-0.1, -0.05) is 19.1 Å². The summed E-state index contributed by atoms with van der Waals surface area (Å²) in [5, 5.41) is 8.88. The van der Waals surface area contributed by atoms with Crippen molar-refractivity contribution >= 4 is 11.8 Å². The van der Waals surface area contributed by atoms with Crippen LogP contribution in [0.2, 0.25) is 0 Å². The summed E-state index contributed by atoms with van der Waals surface area (Å²) in [4.78, 5) is 22.2. The van der Waals surface area contributed by atoms with E-state index in [1.54, 1.807) is 0 Å². The van der Waals surface area contributed by atoms with Crippen LogP contribution in [0.1, 0.15) is 32.6 Å². The van der Waals surface area contributed by atoms with Gasteiger partial charge in [-0.3, -0.25) is 9.59 Å². The zero-order chi connectivity index (χ0) is 10.6. The number of ketones is 1. The number of allylic oxidation sites excluding steroid dienone is 2. The average molecular weight is 196 g/mol. The van der Waals surface area contributed by atoms with Gasteiger partial charge in [-0.05, 0) is 19.3 Å². The number of carboxylic acids is 1. The van der Waals surface area contributed by atoms with E-state index in [1.807, 2.05) is 19.1 Å². The number of Topliss-reactive ketones (excluding diaryl/α,β-unsaturated/α-hetero) is 1. The third kappa shape index (κ3) is 2.44. The molecule has 0 unspecified atom stereocenters. The second kappa shape index (κ2) is 4.94. The molecule has 14 heavy (non-hydrogen) atoms. The Labute approximate surface area is 83.8 Å². The highest BCUT2D eigenvalue weighted by Gasteiger charge is 2.38. The zero-order valence-corrected chi connectivity index (χ0v) is 8.40. The molecule has 1 rings (SSSR count). The van der Waals surface area contributed by atoms with Gasteiger partial charge in [0.25, 0.3) is 0 Å². The molecule has 1 aliphatic rings. The van der Waals surface area contributed by atoms with E-state index in [2.05, 4.69) is 0 Å². The molecule has 1 fully saturated rings. The number of carboxylic acid groups (broad SMARTS) is 1. The summed E-state index contributed by atoms with van der Waals surface area (Å²) >= 11 is 0. The summed E-state index contributed by atoms with van der Waals surface area (Å²) in [6.07, 6.45) is 6.36. The molecular weight excluding hydrogens is 180 g/mol. The molecular formula is C11H16O3. The molecule has 0 aliphatic heterocycles. The molecule has 3 heteroatoms. The van der Waals surface area contributed by atoms with Crippen LogP contribution in [0.3, 0.4) is 0 Å². The van der Waals surface area contributed by atoms with Gasteiger partial charge in [-0.25, -0.2) is 0 Å². The molecule has 3 nitrogen and oxygen atoms in total. The fourth-order valence-corrected chi connectivity index (χ4v) is 1.91. The van der Waals surface area contributed by atoms with E-state index in [0.29, 0.717) is 19.3 Å². The van der Waals surface area contributed by atoms with Gasteiger partial charge in [0.1, 0.15) is 5.78 Å². The summed E-state index contributed by atoms with van der Waals surface area (Å²) < 4.78 is 0. The predicted molar refractivity (Wildman–Crippen MR) is 52.9 cm³/mol. The van der Waals surface area contributed by atoms with E-state index in [0.717, 1.165) is 6.42 Å². The fraction of sp³-hybridized carbons (Fsp3) is 0.636. The number of carbonyl (C=O) groups is 2. The highest BCUT2D eigenvalue weighted by Crippen LogP contribution is 2.31. The topological polar surface area (TPSA) is 54.4 Å². The minimum Gasteiger partial charge on any atom is -0.481 e. The zero-order valence-electron chi connectivity index (χ0n) is 8.40. The van der Waals surface area contributed by atoms with Crippen LogP contribution in [0, 0.1) is 11.8 Å². The lowest BCUT2D eigenvalue weighted by molar-refractivity contribution is -0.144. The Balaban J connectivity index is 2.58. The first kappa shape index (κ1) is 11.0. The highest BCUT2D eigenvalue weighted by atomic mass is 16.4. The molecule has 0 spiro atoms. The monoisotopic (exact) mass is 196 g/mol. The van der Waals surface area contributed by atoms with Gasteiger partial charge in [0.15, 0.2) is 0 Å². The summed E-state index contributed by atoms with van der Waals surface area (Å²) in [6.45, 7) is 2.02. The summed E-state index contributed by atoms with van der Waals surface area (Å²) in [6, 6.07) is 0. The van der Waals surface area contributed by atoms with Crippen molar-refractivity contribution in [2.24, 2.45) is 11.8 Å². The number of aliphatic carboxylic acids is 1. The number of hydrogen-bond acceptors (Lipinski definition) is 2. The van der Waals surface area contributed by atoms with Crippen LogP contribution in [0.4, 0.5) is 0 Å². The van der Waals surface area contributed by atoms with Crippen LogP contribution >= 0.6 is 0 Å². The number of hydrogen-bond donors (Lipinski definition) is 1. The minimum absolute atomic E-state index is 0.109. The lowest BCUT2D eigenvalue weighted by atomic mass is 9.92. The van der Waals surface area contributed by atoms with Crippen molar-refractivity contribution in [3.8, 4) is 0 Å². The van der Waals surface area contributed by atoms with Gasteiger partial charge in [-0.15, -0.1) is 0 Å². The van der Waals surface area contributed by atoms with Crippen LogP contribution in [0.5, 0.6) is 0 Å². The number of carbonyl (C=O) groups excluding carboxylic acids is 1. The van der Waals surface area contributed by atoms with E-state index in [-0.39, 0.29) is 11.7 Å². The van der Waals surface area contributed by atoms with Crippen molar-refractivity contribution < 1.29 is 14.7 Å². The summed E-state index contributed by atoms with van der Waals surface area (Å²) in [5.41, 5.74) is 0. The van der Waals surface area contributed by atoms with Crippen LogP contribution in [-0.4, -0.2) is 16.9 Å². The molecule has 0 amide bonds. The van der Waals surface area contributed by atoms with Crippen molar-refractivity contribution in [1.29, 1.82) is 0 Å². The van der Waals surface area contributed by atoms with Crippen LogP contribution in [0.15, 0.2) is 12.2 Å². The van der Waals surface area contributed by atoms with E-state index in [4.69, 9.17) is 5.11 Å². The average Bonchev–Trinajstić information content (AvgIpc) is 2.48. The Hall–Kier alpha value is -1.12. The molecule has 0 aromatic heterocycles. The molecule has 0 aromatic carbocycles. The fourth-order valence-electron chi connectivity index (χ4n) is 1.91. The lowest BCUT2D eigenvalue weighted by Gasteiger charge is -2.11. The molecule has 0 saturated heterocycles. The number of rotatable bonds is 4. The highest BCUT2D eigenvalue weighted by molar-refractivity contribution is 5.89. The standard InChI is InChI=1S/C11H16O3/c1-2-3-4-5-8-9(11(13)14)6-7-10(8)12/h3-4,8-9H,2,5-7H2,1H3,(H,13,14)/b4-3-/t8-,9-/m0/s1. The Bertz CT molecular complexity index is 255. The molecule has 78 valence electrons. The molecule has 0 radical (unpaired) electrons. The van der Waals surface area contributed by atoms with E-state index < -0.39 is 11.9 Å². The predicted octanol–water partition coefficient (Wildman–Crippen LogP) is 2.02. The van der Waals surface area contributed by atoms with E-state index in [1.165, 1.54) is 0 Å². The SMILES string of the molecule is CC/C=C\C[C@@H]1C(=O)CC[C@@H]1C(=O)O. The Morgan fingerprint density at radius 1 is 1.57 bits per heavy atom. The molecule has 0 bridgehead atoms. The van der Waals surface area contributed by atoms with Crippen molar-refractivity contribution in [3.05, 3.63) is 12.2 Å². The van der Waals surface area contributed by atoms with E-state index >= 15 is 0 Å². The quantitative estimate of drug-likeness (QED) is 0.700. The van der Waals surface area contributed by atoms with Gasteiger partial charge in [-0.2, -0.15) is 0 Å². The molecule has 0 heterocycles. The van der Waals surface area contributed by atoms with Gasteiger partial charge in [0, 0.05) is 12.3 Å². The van der Waals surface area contributed by atoms with Gasteiger partial charge >= 0.3 is 5.97 Å². The van der Waals surface area contributed by atoms with Gasteiger partial charge in [0.05, 0.1) is 5.92 Å². The Morgan fingerprint density at radius 2 is 2.29 bits per heavy atom. The van der Waals surface area contributed by atoms with Gasteiger partial charge < -0.3 is 5.11 Å².